The second-order valence-electron chi connectivity index (χ2n) is 4.47. The largest absolute Gasteiger partial charge is 0.331 e. The number of imidazole rings is 1. The highest BCUT2D eigenvalue weighted by molar-refractivity contribution is 14.1. The van der Waals surface area contributed by atoms with Gasteiger partial charge in [0.05, 0.1) is 25.3 Å². The molecule has 3 aromatic rings. The highest BCUT2D eigenvalue weighted by Gasteiger charge is 2.09. The number of nitrogens with zero attached hydrogens (tertiary/aromatic N) is 2. The number of aromatic amines is 1. The lowest BCUT2D eigenvalue weighted by Crippen LogP contribution is -2.02. The van der Waals surface area contributed by atoms with E-state index >= 15 is 0 Å². The molecule has 0 bridgehead atoms. The van der Waals surface area contributed by atoms with Crippen LogP contribution in [-0.4, -0.2) is 14.5 Å². The number of aromatic nitrogens is 3. The van der Waals surface area contributed by atoms with Crippen LogP contribution in [0.15, 0.2) is 17.5 Å². The third-order valence-corrected chi connectivity index (χ3v) is 5.05. The number of aryl methyl sites for hydroxylation is 3. The van der Waals surface area contributed by atoms with E-state index in [9.17, 15) is 4.39 Å². The average molecular weight is 419 g/mol. The summed E-state index contributed by atoms with van der Waals surface area (Å²) in [6.07, 6.45) is 0.791. The predicted octanol–water partition coefficient (Wildman–Crippen LogP) is 4.45. The second-order valence-corrected chi connectivity index (χ2v) is 7.08. The minimum Gasteiger partial charge on any atom is -0.331 e. The first-order valence-electron chi connectivity index (χ1n) is 6.03. The van der Waals surface area contributed by atoms with Crippen molar-refractivity contribution in [1.29, 1.82) is 0 Å². The maximum absolute atomic E-state index is 13.7. The van der Waals surface area contributed by atoms with Gasteiger partial charge >= 0.3 is 0 Å². The van der Waals surface area contributed by atoms with Crippen LogP contribution >= 0.6 is 46.1 Å². The Labute approximate surface area is 138 Å². The molecule has 0 saturated carbocycles. The van der Waals surface area contributed by atoms with E-state index in [1.54, 1.807) is 17.4 Å². The fourth-order valence-corrected chi connectivity index (χ4v) is 3.54. The number of hydrogen-bond donors (Lipinski definition) is 1. The summed E-state index contributed by atoms with van der Waals surface area (Å²) in [6, 6.07) is 3.32. The number of halogens is 2. The molecule has 3 nitrogen and oxygen atoms in total. The first-order chi connectivity index (χ1) is 9.54. The van der Waals surface area contributed by atoms with E-state index in [0.717, 1.165) is 28.2 Å². The second kappa shape index (κ2) is 5.53. The van der Waals surface area contributed by atoms with E-state index in [2.05, 4.69) is 15.3 Å². The van der Waals surface area contributed by atoms with Crippen LogP contribution in [0.3, 0.4) is 0 Å². The summed E-state index contributed by atoms with van der Waals surface area (Å²) in [5, 5.41) is 3.11. The molecule has 0 radical (unpaired) electrons. The predicted molar refractivity (Wildman–Crippen MR) is 90.4 cm³/mol. The molecule has 0 fully saturated rings. The molecule has 0 aliphatic carbocycles. The van der Waals surface area contributed by atoms with Gasteiger partial charge in [0, 0.05) is 24.4 Å². The van der Waals surface area contributed by atoms with Crippen molar-refractivity contribution in [3.8, 4) is 0 Å². The fourth-order valence-electron chi connectivity index (χ4n) is 2.12. The van der Waals surface area contributed by atoms with Crippen LogP contribution in [0, 0.1) is 21.1 Å². The molecular weight excluding hydrogens is 408 g/mol. The van der Waals surface area contributed by atoms with Crippen LogP contribution in [0.2, 0.25) is 0 Å². The number of thiazole rings is 1. The first kappa shape index (κ1) is 14.2. The Hall–Kier alpha value is -0.800. The summed E-state index contributed by atoms with van der Waals surface area (Å²) >= 11 is 8.94. The molecule has 0 spiro atoms. The van der Waals surface area contributed by atoms with Gasteiger partial charge in [-0.3, -0.25) is 0 Å². The van der Waals surface area contributed by atoms with E-state index in [1.807, 2.05) is 34.1 Å². The van der Waals surface area contributed by atoms with Gasteiger partial charge in [-0.25, -0.2) is 9.37 Å². The van der Waals surface area contributed by atoms with Crippen molar-refractivity contribution in [2.45, 2.75) is 19.9 Å². The van der Waals surface area contributed by atoms with Crippen molar-refractivity contribution in [1.82, 2.24) is 14.5 Å². The molecule has 2 heterocycles. The molecule has 0 unspecified atom stereocenters. The molecule has 1 aromatic carbocycles. The van der Waals surface area contributed by atoms with Crippen LogP contribution in [0.4, 0.5) is 4.39 Å². The zero-order chi connectivity index (χ0) is 14.3. The molecule has 2 aromatic heterocycles. The number of H-pyrrole nitrogens is 1. The van der Waals surface area contributed by atoms with E-state index in [1.165, 1.54) is 6.07 Å². The van der Waals surface area contributed by atoms with E-state index in [0.29, 0.717) is 14.9 Å². The number of hydrogen-bond acceptors (Lipinski definition) is 3. The van der Waals surface area contributed by atoms with Gasteiger partial charge in [-0.1, -0.05) is 0 Å². The Morgan fingerprint density at radius 3 is 3.00 bits per heavy atom. The monoisotopic (exact) mass is 419 g/mol. The molecule has 0 amide bonds. The van der Waals surface area contributed by atoms with Gasteiger partial charge in [0.1, 0.15) is 5.82 Å². The summed E-state index contributed by atoms with van der Waals surface area (Å²) < 4.78 is 16.9. The average Bonchev–Trinajstić information content (AvgIpc) is 2.92. The van der Waals surface area contributed by atoms with Gasteiger partial charge in [-0.2, -0.15) is 0 Å². The van der Waals surface area contributed by atoms with Crippen molar-refractivity contribution in [3.63, 3.8) is 0 Å². The van der Waals surface area contributed by atoms with Crippen molar-refractivity contribution in [2.75, 3.05) is 0 Å². The number of nitrogens with one attached hydrogen (secondary N) is 1. The molecule has 0 aliphatic heterocycles. The van der Waals surface area contributed by atoms with Crippen molar-refractivity contribution >= 4 is 57.2 Å². The molecule has 0 atom stereocenters. The maximum Gasteiger partial charge on any atom is 0.178 e. The Balaban J connectivity index is 1.96. The van der Waals surface area contributed by atoms with Gasteiger partial charge < -0.3 is 9.55 Å². The van der Waals surface area contributed by atoms with Gasteiger partial charge in [0.2, 0.25) is 0 Å². The fraction of sp³-hybridized carbons (Fsp3) is 0.231. The zero-order valence-corrected chi connectivity index (χ0v) is 14.4. The molecule has 104 valence electrons. The number of benzene rings is 1. The summed E-state index contributed by atoms with van der Waals surface area (Å²) in [6.45, 7) is 2.69. The summed E-state index contributed by atoms with van der Waals surface area (Å²) in [4.78, 5) is 7.56. The van der Waals surface area contributed by atoms with Gasteiger partial charge in [0.15, 0.2) is 4.77 Å². The quantitative estimate of drug-likeness (QED) is 0.503. The molecule has 1 N–H and O–H groups in total. The zero-order valence-electron chi connectivity index (χ0n) is 10.6. The molecule has 0 aliphatic rings. The number of fused-ring (bicyclic) bond motifs is 1. The van der Waals surface area contributed by atoms with Crippen LogP contribution in [-0.2, 0) is 13.0 Å². The number of rotatable bonds is 3. The van der Waals surface area contributed by atoms with Crippen molar-refractivity contribution in [2.24, 2.45) is 0 Å². The SMILES string of the molecule is Cc1nc(CCn2c(=S)[nH]c3cc(I)c(F)cc32)cs1. The lowest BCUT2D eigenvalue weighted by molar-refractivity contribution is 0.620. The van der Waals surface area contributed by atoms with Gasteiger partial charge in [-0.15, -0.1) is 11.3 Å². The molecule has 0 saturated heterocycles. The minimum atomic E-state index is -0.217. The normalized spacial score (nSPS) is 11.3. The van der Waals surface area contributed by atoms with Crippen LogP contribution < -0.4 is 0 Å². The summed E-state index contributed by atoms with van der Waals surface area (Å²) in [5.74, 6) is -0.217. The first-order valence-corrected chi connectivity index (χ1v) is 8.40. The molecular formula is C13H11FIN3S2. The molecule has 7 heteroatoms. The molecule has 3 rings (SSSR count). The van der Waals surface area contributed by atoms with E-state index in [4.69, 9.17) is 12.2 Å². The third-order valence-electron chi connectivity index (χ3n) is 3.07. The Bertz CT molecular complexity index is 834. The standard InChI is InChI=1S/C13H11FIN3S2/c1-7-16-8(6-20-7)2-3-18-12-4-9(14)10(15)5-11(12)17-13(18)19/h4-6H,2-3H2,1H3,(H,17,19). The van der Waals surface area contributed by atoms with Gasteiger partial charge in [0.25, 0.3) is 0 Å². The Morgan fingerprint density at radius 2 is 2.30 bits per heavy atom. The van der Waals surface area contributed by atoms with Crippen molar-refractivity contribution in [3.05, 3.63) is 42.4 Å². The minimum absolute atomic E-state index is 0.217. The summed E-state index contributed by atoms with van der Waals surface area (Å²) in [5.41, 5.74) is 2.73. The van der Waals surface area contributed by atoms with Crippen molar-refractivity contribution < 1.29 is 4.39 Å². The van der Waals surface area contributed by atoms with Crippen LogP contribution in [0.25, 0.3) is 11.0 Å². The smallest absolute Gasteiger partial charge is 0.178 e. The van der Waals surface area contributed by atoms with Gasteiger partial charge in [-0.05, 0) is 47.8 Å². The molecule has 20 heavy (non-hydrogen) atoms. The maximum atomic E-state index is 13.7. The van der Waals surface area contributed by atoms with E-state index < -0.39 is 0 Å². The topological polar surface area (TPSA) is 33.6 Å². The third kappa shape index (κ3) is 2.66. The lowest BCUT2D eigenvalue weighted by Gasteiger charge is -2.03. The lowest BCUT2D eigenvalue weighted by atomic mass is 10.3. The highest BCUT2D eigenvalue weighted by Crippen LogP contribution is 2.21. The summed E-state index contributed by atoms with van der Waals surface area (Å²) in [7, 11) is 0. The highest BCUT2D eigenvalue weighted by atomic mass is 127. The van der Waals surface area contributed by atoms with E-state index in [-0.39, 0.29) is 5.82 Å². The van der Waals surface area contributed by atoms with Crippen LogP contribution in [0.5, 0.6) is 0 Å². The van der Waals surface area contributed by atoms with Crippen LogP contribution in [0.1, 0.15) is 10.7 Å². The Kier molecular flexibility index (Phi) is 3.91. The Morgan fingerprint density at radius 1 is 1.50 bits per heavy atom.